The molecule has 0 saturated carbocycles. The minimum absolute atomic E-state index is 0.0268. The SMILES string of the molecule is C[C@H](CCOc1ccccc1)C(=O)NC[C@@H]1CCOC1. The lowest BCUT2D eigenvalue weighted by Gasteiger charge is -2.14. The number of benzene rings is 1. The summed E-state index contributed by atoms with van der Waals surface area (Å²) in [6.07, 6.45) is 1.77. The predicted molar refractivity (Wildman–Crippen MR) is 77.7 cm³/mol. The Kier molecular flexibility index (Phi) is 5.87. The van der Waals surface area contributed by atoms with Gasteiger partial charge in [-0.2, -0.15) is 0 Å². The highest BCUT2D eigenvalue weighted by molar-refractivity contribution is 5.78. The van der Waals surface area contributed by atoms with E-state index in [2.05, 4.69) is 5.32 Å². The highest BCUT2D eigenvalue weighted by Gasteiger charge is 2.18. The van der Waals surface area contributed by atoms with Crippen LogP contribution < -0.4 is 10.1 Å². The minimum Gasteiger partial charge on any atom is -0.494 e. The van der Waals surface area contributed by atoms with E-state index in [1.807, 2.05) is 37.3 Å². The summed E-state index contributed by atoms with van der Waals surface area (Å²) in [6.45, 7) is 4.81. The second kappa shape index (κ2) is 7.90. The molecular weight excluding hydrogens is 254 g/mol. The van der Waals surface area contributed by atoms with E-state index in [-0.39, 0.29) is 11.8 Å². The van der Waals surface area contributed by atoms with Gasteiger partial charge in [0.15, 0.2) is 0 Å². The number of nitrogens with one attached hydrogen (secondary N) is 1. The molecule has 4 heteroatoms. The number of rotatable bonds is 7. The van der Waals surface area contributed by atoms with Gasteiger partial charge in [0.25, 0.3) is 0 Å². The van der Waals surface area contributed by atoms with Gasteiger partial charge in [-0.3, -0.25) is 4.79 Å². The van der Waals surface area contributed by atoms with Gasteiger partial charge in [-0.1, -0.05) is 25.1 Å². The van der Waals surface area contributed by atoms with Crippen LogP contribution in [0.2, 0.25) is 0 Å². The van der Waals surface area contributed by atoms with Crippen molar-refractivity contribution < 1.29 is 14.3 Å². The van der Waals surface area contributed by atoms with Crippen LogP contribution in [0, 0.1) is 11.8 Å². The molecule has 2 atom stereocenters. The van der Waals surface area contributed by atoms with Crippen LogP contribution in [0.25, 0.3) is 0 Å². The maximum Gasteiger partial charge on any atom is 0.222 e. The molecular formula is C16H23NO3. The first-order valence-electron chi connectivity index (χ1n) is 7.29. The lowest BCUT2D eigenvalue weighted by molar-refractivity contribution is -0.125. The first kappa shape index (κ1) is 14.9. The third kappa shape index (κ3) is 4.85. The van der Waals surface area contributed by atoms with Crippen molar-refractivity contribution in [2.45, 2.75) is 19.8 Å². The van der Waals surface area contributed by atoms with Crippen LogP contribution in [0.3, 0.4) is 0 Å². The molecule has 0 bridgehead atoms. The van der Waals surface area contributed by atoms with Crippen LogP contribution >= 0.6 is 0 Å². The lowest BCUT2D eigenvalue weighted by atomic mass is 10.1. The molecule has 2 rings (SSSR count). The Hall–Kier alpha value is -1.55. The number of carbonyl (C=O) groups is 1. The molecule has 1 fully saturated rings. The maximum atomic E-state index is 11.9. The zero-order chi connectivity index (χ0) is 14.2. The van der Waals surface area contributed by atoms with Crippen molar-refractivity contribution in [3.63, 3.8) is 0 Å². The molecule has 0 radical (unpaired) electrons. The van der Waals surface area contributed by atoms with Gasteiger partial charge in [0.05, 0.1) is 13.2 Å². The van der Waals surface area contributed by atoms with Crippen LogP contribution in [0.1, 0.15) is 19.8 Å². The molecule has 4 nitrogen and oxygen atoms in total. The topological polar surface area (TPSA) is 47.6 Å². The molecule has 0 aromatic heterocycles. The molecule has 1 aromatic rings. The maximum absolute atomic E-state index is 11.9. The van der Waals surface area contributed by atoms with Crippen LogP contribution in [0.15, 0.2) is 30.3 Å². The van der Waals surface area contributed by atoms with Crippen molar-refractivity contribution >= 4 is 5.91 Å². The quantitative estimate of drug-likeness (QED) is 0.831. The smallest absolute Gasteiger partial charge is 0.222 e. The Morgan fingerprint density at radius 2 is 2.25 bits per heavy atom. The fourth-order valence-electron chi connectivity index (χ4n) is 2.16. The Morgan fingerprint density at radius 3 is 2.95 bits per heavy atom. The van der Waals surface area contributed by atoms with E-state index >= 15 is 0 Å². The number of para-hydroxylation sites is 1. The van der Waals surface area contributed by atoms with Gasteiger partial charge in [0, 0.05) is 25.0 Å². The second-order valence-corrected chi connectivity index (χ2v) is 5.33. The molecule has 1 saturated heterocycles. The molecule has 110 valence electrons. The largest absolute Gasteiger partial charge is 0.494 e. The average molecular weight is 277 g/mol. The molecule has 1 heterocycles. The van der Waals surface area contributed by atoms with E-state index in [0.29, 0.717) is 12.5 Å². The molecule has 0 unspecified atom stereocenters. The van der Waals surface area contributed by atoms with E-state index < -0.39 is 0 Å². The third-order valence-corrected chi connectivity index (χ3v) is 3.60. The highest BCUT2D eigenvalue weighted by atomic mass is 16.5. The molecule has 1 amide bonds. The molecule has 0 aliphatic carbocycles. The summed E-state index contributed by atoms with van der Waals surface area (Å²) in [7, 11) is 0. The first-order chi connectivity index (χ1) is 9.75. The number of hydrogen-bond acceptors (Lipinski definition) is 3. The summed E-state index contributed by atoms with van der Waals surface area (Å²) in [5.41, 5.74) is 0. The fraction of sp³-hybridized carbons (Fsp3) is 0.562. The van der Waals surface area contributed by atoms with E-state index in [1.54, 1.807) is 0 Å². The normalized spacial score (nSPS) is 19.6. The standard InChI is InChI=1S/C16H23NO3/c1-13(7-10-20-15-5-3-2-4-6-15)16(18)17-11-14-8-9-19-12-14/h2-6,13-14H,7-12H2,1H3,(H,17,18)/t13-,14+/m1/s1. The van der Waals surface area contributed by atoms with E-state index in [1.165, 1.54) is 0 Å². The van der Waals surface area contributed by atoms with Crippen LogP contribution in [0.4, 0.5) is 0 Å². The van der Waals surface area contributed by atoms with Crippen molar-refractivity contribution in [3.8, 4) is 5.75 Å². The summed E-state index contributed by atoms with van der Waals surface area (Å²) < 4.78 is 10.9. The lowest BCUT2D eigenvalue weighted by Crippen LogP contribution is -2.34. The molecule has 1 aliphatic heterocycles. The van der Waals surface area contributed by atoms with Crippen molar-refractivity contribution in [2.75, 3.05) is 26.4 Å². The number of carbonyl (C=O) groups excluding carboxylic acids is 1. The Morgan fingerprint density at radius 1 is 1.45 bits per heavy atom. The highest BCUT2D eigenvalue weighted by Crippen LogP contribution is 2.12. The van der Waals surface area contributed by atoms with Gasteiger partial charge >= 0.3 is 0 Å². The Balaban J connectivity index is 1.61. The van der Waals surface area contributed by atoms with Crippen molar-refractivity contribution in [1.29, 1.82) is 0 Å². The van der Waals surface area contributed by atoms with Gasteiger partial charge in [0.1, 0.15) is 5.75 Å². The summed E-state index contributed by atoms with van der Waals surface area (Å²) >= 11 is 0. The zero-order valence-electron chi connectivity index (χ0n) is 12.0. The number of amides is 1. The third-order valence-electron chi connectivity index (χ3n) is 3.60. The van der Waals surface area contributed by atoms with Gasteiger partial charge < -0.3 is 14.8 Å². The van der Waals surface area contributed by atoms with Crippen molar-refractivity contribution in [2.24, 2.45) is 11.8 Å². The van der Waals surface area contributed by atoms with E-state index in [9.17, 15) is 4.79 Å². The minimum atomic E-state index is -0.0268. The van der Waals surface area contributed by atoms with Crippen LogP contribution in [0.5, 0.6) is 5.75 Å². The van der Waals surface area contributed by atoms with Gasteiger partial charge in [-0.05, 0) is 25.0 Å². The van der Waals surface area contributed by atoms with E-state index in [4.69, 9.17) is 9.47 Å². The summed E-state index contributed by atoms with van der Waals surface area (Å²) in [4.78, 5) is 11.9. The summed E-state index contributed by atoms with van der Waals surface area (Å²) in [5, 5.41) is 3.00. The summed E-state index contributed by atoms with van der Waals surface area (Å²) in [5.74, 6) is 1.41. The number of ether oxygens (including phenoxy) is 2. The average Bonchev–Trinajstić information content (AvgIpc) is 2.99. The van der Waals surface area contributed by atoms with Crippen molar-refractivity contribution in [1.82, 2.24) is 5.32 Å². The first-order valence-corrected chi connectivity index (χ1v) is 7.29. The molecule has 1 aliphatic rings. The monoisotopic (exact) mass is 277 g/mol. The second-order valence-electron chi connectivity index (χ2n) is 5.33. The van der Waals surface area contributed by atoms with Crippen LogP contribution in [-0.4, -0.2) is 32.3 Å². The fourth-order valence-corrected chi connectivity index (χ4v) is 2.16. The molecule has 0 spiro atoms. The van der Waals surface area contributed by atoms with Gasteiger partial charge in [-0.15, -0.1) is 0 Å². The predicted octanol–water partition coefficient (Wildman–Crippen LogP) is 2.24. The molecule has 20 heavy (non-hydrogen) atoms. The van der Waals surface area contributed by atoms with Crippen molar-refractivity contribution in [3.05, 3.63) is 30.3 Å². The Labute approximate surface area is 120 Å². The zero-order valence-corrected chi connectivity index (χ0v) is 12.0. The summed E-state index contributed by atoms with van der Waals surface area (Å²) in [6, 6.07) is 9.68. The van der Waals surface area contributed by atoms with Gasteiger partial charge in [0.2, 0.25) is 5.91 Å². The molecule has 1 N–H and O–H groups in total. The van der Waals surface area contributed by atoms with Gasteiger partial charge in [-0.25, -0.2) is 0 Å². The van der Waals surface area contributed by atoms with Crippen LogP contribution in [-0.2, 0) is 9.53 Å². The number of hydrogen-bond donors (Lipinski definition) is 1. The van der Waals surface area contributed by atoms with E-state index in [0.717, 1.165) is 38.3 Å². The Bertz CT molecular complexity index is 401. The molecule has 1 aromatic carbocycles.